The van der Waals surface area contributed by atoms with Gasteiger partial charge in [-0.15, -0.1) is 0 Å². The summed E-state index contributed by atoms with van der Waals surface area (Å²) in [6.07, 6.45) is 2.57. The molecule has 0 aromatic heterocycles. The molecule has 8 nitrogen and oxygen atoms in total. The number of benzene rings is 2. The molecule has 1 fully saturated rings. The number of phenolic OH excluding ortho intramolecular Hbond substituents is 1. The second kappa shape index (κ2) is 10.4. The molecule has 2 amide bonds. The summed E-state index contributed by atoms with van der Waals surface area (Å²) < 4.78 is 15.8. The highest BCUT2D eigenvalue weighted by Crippen LogP contribution is 2.42. The summed E-state index contributed by atoms with van der Waals surface area (Å²) in [5, 5.41) is 10.8. The lowest BCUT2D eigenvalue weighted by molar-refractivity contribution is -0.132. The van der Waals surface area contributed by atoms with Crippen molar-refractivity contribution in [1.29, 1.82) is 0 Å². The Morgan fingerprint density at radius 2 is 1.97 bits per heavy atom. The normalized spacial score (nSPS) is 18.1. The molecular weight excluding hydrogens is 462 g/mol. The first-order chi connectivity index (χ1) is 17.2. The number of phenols is 1. The predicted octanol–water partition coefficient (Wildman–Crippen LogP) is 4.48. The number of allylic oxidation sites excluding steroid dienone is 2. The van der Waals surface area contributed by atoms with Gasteiger partial charge in [0, 0.05) is 17.0 Å². The predicted molar refractivity (Wildman–Crippen MR) is 132 cm³/mol. The van der Waals surface area contributed by atoms with E-state index < -0.39 is 18.0 Å². The summed E-state index contributed by atoms with van der Waals surface area (Å²) in [5.41, 5.74) is 4.03. The maximum Gasteiger partial charge on any atom is 0.416 e. The quantitative estimate of drug-likeness (QED) is 0.427. The Kier molecular flexibility index (Phi) is 7.33. The summed E-state index contributed by atoms with van der Waals surface area (Å²) in [6, 6.07) is 9.36. The fourth-order valence-corrected chi connectivity index (χ4v) is 4.96. The smallest absolute Gasteiger partial charge is 0.416 e. The maximum atomic E-state index is 13.2. The van der Waals surface area contributed by atoms with Crippen molar-refractivity contribution in [1.82, 2.24) is 4.90 Å². The Bertz CT molecular complexity index is 1220. The third kappa shape index (κ3) is 4.80. The Morgan fingerprint density at radius 3 is 2.67 bits per heavy atom. The van der Waals surface area contributed by atoms with E-state index in [1.54, 1.807) is 6.92 Å². The molecule has 0 saturated carbocycles. The van der Waals surface area contributed by atoms with Crippen LogP contribution in [0.2, 0.25) is 0 Å². The van der Waals surface area contributed by atoms with Crippen molar-refractivity contribution in [2.45, 2.75) is 52.7 Å². The van der Waals surface area contributed by atoms with Crippen LogP contribution in [0.1, 0.15) is 52.9 Å². The van der Waals surface area contributed by atoms with Crippen molar-refractivity contribution in [2.75, 3.05) is 13.7 Å². The molecule has 2 aliphatic rings. The third-order valence-corrected chi connectivity index (χ3v) is 6.86. The van der Waals surface area contributed by atoms with Crippen LogP contribution in [0.3, 0.4) is 0 Å². The average molecular weight is 494 g/mol. The number of hydrogen-bond acceptors (Lipinski definition) is 7. The van der Waals surface area contributed by atoms with Crippen molar-refractivity contribution in [3.63, 3.8) is 0 Å². The van der Waals surface area contributed by atoms with Gasteiger partial charge in [0.25, 0.3) is 0 Å². The minimum Gasteiger partial charge on any atom is -0.507 e. The number of amides is 2. The van der Waals surface area contributed by atoms with Crippen LogP contribution < -0.4 is 4.74 Å². The zero-order chi connectivity index (χ0) is 26.0. The number of ether oxygens (including phenoxy) is 3. The Balaban J connectivity index is 1.47. The minimum absolute atomic E-state index is 0.114. The van der Waals surface area contributed by atoms with E-state index in [2.05, 4.69) is 0 Å². The molecule has 0 aliphatic carbocycles. The first kappa shape index (κ1) is 25.3. The molecule has 36 heavy (non-hydrogen) atoms. The van der Waals surface area contributed by atoms with E-state index in [9.17, 15) is 19.5 Å². The number of imide groups is 1. The summed E-state index contributed by atoms with van der Waals surface area (Å²) in [6.45, 7) is 5.81. The zero-order valence-electron chi connectivity index (χ0n) is 21.0. The molecule has 2 aromatic rings. The lowest BCUT2D eigenvalue weighted by Gasteiger charge is -2.23. The number of carbonyl (C=O) groups excluding carboxylic acids is 3. The van der Waals surface area contributed by atoms with Crippen LogP contribution in [-0.2, 0) is 33.7 Å². The second-order valence-electron chi connectivity index (χ2n) is 9.40. The van der Waals surface area contributed by atoms with Crippen molar-refractivity contribution < 1.29 is 33.7 Å². The third-order valence-electron chi connectivity index (χ3n) is 6.86. The van der Waals surface area contributed by atoms with Crippen molar-refractivity contribution in [3.05, 3.63) is 69.8 Å². The van der Waals surface area contributed by atoms with Crippen LogP contribution in [0, 0.1) is 12.8 Å². The Labute approximate surface area is 210 Å². The Hall–Kier alpha value is -3.81. The van der Waals surface area contributed by atoms with Crippen LogP contribution in [0.5, 0.6) is 11.5 Å². The van der Waals surface area contributed by atoms with Crippen LogP contribution in [-0.4, -0.2) is 47.7 Å². The van der Waals surface area contributed by atoms with Crippen LogP contribution >= 0.6 is 0 Å². The monoisotopic (exact) mass is 493 g/mol. The fraction of sp³-hybridized carbons (Fsp3) is 0.393. The molecule has 0 bridgehead atoms. The molecule has 8 heteroatoms. The SMILES string of the molecule is COc1c(C)c2c(c(O)c1C/C=C(\C)CC(C)C(=O)N1C(=O)OC[C@@H]1Cc1ccccc1)C(=O)OC2. The molecular formula is C28H31NO7. The van der Waals surface area contributed by atoms with Gasteiger partial charge in [-0.3, -0.25) is 4.79 Å². The number of nitrogens with zero attached hydrogens (tertiary/aromatic N) is 1. The van der Waals surface area contributed by atoms with E-state index in [0.29, 0.717) is 36.1 Å². The molecule has 2 heterocycles. The molecule has 0 spiro atoms. The highest BCUT2D eigenvalue weighted by atomic mass is 16.6. The van der Waals surface area contributed by atoms with Gasteiger partial charge in [-0.2, -0.15) is 0 Å². The minimum atomic E-state index is -0.607. The van der Waals surface area contributed by atoms with E-state index in [1.807, 2.05) is 50.3 Å². The highest BCUT2D eigenvalue weighted by Gasteiger charge is 2.39. The van der Waals surface area contributed by atoms with Gasteiger partial charge < -0.3 is 19.3 Å². The van der Waals surface area contributed by atoms with E-state index in [0.717, 1.165) is 16.7 Å². The summed E-state index contributed by atoms with van der Waals surface area (Å²) in [7, 11) is 1.52. The Morgan fingerprint density at radius 1 is 1.25 bits per heavy atom. The number of cyclic esters (lactones) is 2. The standard InChI is InChI=1S/C28H31NO7/c1-16(10-11-21-24(30)23-22(15-35-27(23)32)18(3)25(21)34-4)12-17(2)26(31)29-20(14-36-28(29)33)13-19-8-6-5-7-9-19/h5-10,17,20,30H,11-15H2,1-4H3/b16-10+/t17?,20-/m0/s1. The van der Waals surface area contributed by atoms with Gasteiger partial charge in [-0.25, -0.2) is 14.5 Å². The lowest BCUT2D eigenvalue weighted by Crippen LogP contribution is -2.43. The van der Waals surface area contributed by atoms with E-state index in [-0.39, 0.29) is 36.5 Å². The number of rotatable bonds is 8. The van der Waals surface area contributed by atoms with Gasteiger partial charge in [0.15, 0.2) is 0 Å². The molecule has 1 N–H and O–H groups in total. The molecule has 2 aliphatic heterocycles. The van der Waals surface area contributed by atoms with Crippen molar-refractivity contribution in [3.8, 4) is 11.5 Å². The fourth-order valence-electron chi connectivity index (χ4n) is 4.96. The van der Waals surface area contributed by atoms with E-state index >= 15 is 0 Å². The number of aromatic hydroxyl groups is 1. The van der Waals surface area contributed by atoms with Crippen LogP contribution in [0.4, 0.5) is 4.79 Å². The van der Waals surface area contributed by atoms with Crippen molar-refractivity contribution >= 4 is 18.0 Å². The molecule has 2 atom stereocenters. The first-order valence-corrected chi connectivity index (χ1v) is 12.0. The molecule has 190 valence electrons. The van der Waals surface area contributed by atoms with E-state index in [4.69, 9.17) is 14.2 Å². The first-order valence-electron chi connectivity index (χ1n) is 12.0. The number of esters is 1. The molecule has 4 rings (SSSR count). The van der Waals surface area contributed by atoms with Gasteiger partial charge in [0.05, 0.1) is 13.2 Å². The van der Waals surface area contributed by atoms with Gasteiger partial charge in [0.1, 0.15) is 30.3 Å². The number of fused-ring (bicyclic) bond motifs is 1. The topological polar surface area (TPSA) is 102 Å². The van der Waals surface area contributed by atoms with E-state index in [1.165, 1.54) is 12.0 Å². The summed E-state index contributed by atoms with van der Waals surface area (Å²) in [5.74, 6) is -0.884. The van der Waals surface area contributed by atoms with Gasteiger partial charge in [0.2, 0.25) is 5.91 Å². The number of carbonyl (C=O) groups is 3. The van der Waals surface area contributed by atoms with Crippen molar-refractivity contribution in [2.24, 2.45) is 5.92 Å². The molecule has 1 unspecified atom stereocenters. The largest absolute Gasteiger partial charge is 0.507 e. The summed E-state index contributed by atoms with van der Waals surface area (Å²) >= 11 is 0. The number of hydrogen-bond donors (Lipinski definition) is 1. The molecule has 0 radical (unpaired) electrons. The summed E-state index contributed by atoms with van der Waals surface area (Å²) in [4.78, 5) is 39.0. The van der Waals surface area contributed by atoms with Gasteiger partial charge >= 0.3 is 12.1 Å². The van der Waals surface area contributed by atoms with Crippen LogP contribution in [0.25, 0.3) is 0 Å². The number of methoxy groups -OCH3 is 1. The maximum absolute atomic E-state index is 13.2. The zero-order valence-corrected chi connectivity index (χ0v) is 21.0. The molecule has 2 aromatic carbocycles. The lowest BCUT2D eigenvalue weighted by atomic mass is 9.93. The van der Waals surface area contributed by atoms with Gasteiger partial charge in [-0.05, 0) is 44.2 Å². The second-order valence-corrected chi connectivity index (χ2v) is 9.40. The van der Waals surface area contributed by atoms with Gasteiger partial charge in [-0.1, -0.05) is 48.9 Å². The average Bonchev–Trinajstić information content (AvgIpc) is 3.43. The van der Waals surface area contributed by atoms with Crippen LogP contribution in [0.15, 0.2) is 42.0 Å². The molecule has 1 saturated heterocycles. The highest BCUT2D eigenvalue weighted by molar-refractivity contribution is 5.98.